The van der Waals surface area contributed by atoms with Crippen molar-refractivity contribution in [3.8, 4) is 0 Å². The summed E-state index contributed by atoms with van der Waals surface area (Å²) in [5.41, 5.74) is 1.11. The van der Waals surface area contributed by atoms with Crippen molar-refractivity contribution in [2.24, 2.45) is 0 Å². The van der Waals surface area contributed by atoms with Crippen molar-refractivity contribution in [1.29, 1.82) is 0 Å². The molecule has 0 saturated heterocycles. The number of ketones is 2. The Hall–Kier alpha value is -2.23. The van der Waals surface area contributed by atoms with Gasteiger partial charge in [0, 0.05) is 12.1 Å². The van der Waals surface area contributed by atoms with Crippen LogP contribution in [0.25, 0.3) is 0 Å². The number of rotatable bonds is 0. The van der Waals surface area contributed by atoms with Crippen LogP contribution in [0.1, 0.15) is 5.56 Å². The molecule has 0 spiro atoms. The maximum Gasteiger partial charge on any atom is 0.180 e. The summed E-state index contributed by atoms with van der Waals surface area (Å²) in [6, 6.07) is 3.54. The third-order valence-electron chi connectivity index (χ3n) is 1.79. The van der Waals surface area contributed by atoms with Crippen molar-refractivity contribution in [3.63, 3.8) is 0 Å². The molecule has 0 atom stereocenters. The van der Waals surface area contributed by atoms with Crippen LogP contribution in [0.3, 0.4) is 0 Å². The van der Waals surface area contributed by atoms with E-state index in [1.807, 2.05) is 6.92 Å². The van der Waals surface area contributed by atoms with Gasteiger partial charge in [-0.05, 0) is 36.8 Å². The molecule has 0 fully saturated rings. The summed E-state index contributed by atoms with van der Waals surface area (Å²) in [5, 5.41) is 10.3. The van der Waals surface area contributed by atoms with Gasteiger partial charge in [-0.15, -0.1) is 0 Å². The Balaban J connectivity index is 0.000000160. The quantitative estimate of drug-likeness (QED) is 0.368. The Morgan fingerprint density at radius 2 is 1.31 bits per heavy atom. The molecule has 2 rings (SSSR count). The summed E-state index contributed by atoms with van der Waals surface area (Å²) >= 11 is 0. The number of nitrogens with zero attached hydrogens (tertiary/aromatic N) is 1. The number of carbonyl (C=O) groups excluding carboxylic acids is 2. The number of hydrogen-bond acceptors (Lipinski definition) is 3. The summed E-state index contributed by atoms with van der Waals surface area (Å²) in [4.78, 5) is 20.6. The van der Waals surface area contributed by atoms with E-state index in [0.717, 1.165) is 10.3 Å². The van der Waals surface area contributed by atoms with Gasteiger partial charge in [-0.25, -0.2) is 0 Å². The van der Waals surface area contributed by atoms with Crippen LogP contribution in [-0.4, -0.2) is 11.6 Å². The number of aryl methyl sites for hydroxylation is 1. The standard InChI is InChI=1S/C6H7NO.C6H4O2/c1-6-2-4-7(8)5-3-6;7-5-1-2-6(8)4-3-5/h2-5H,1H3;1-4H. The Labute approximate surface area is 93.1 Å². The maximum absolute atomic E-state index is 10.3. The second kappa shape index (κ2) is 5.60. The highest BCUT2D eigenvalue weighted by atomic mass is 16.5. The highest BCUT2D eigenvalue weighted by molar-refractivity contribution is 6.14. The van der Waals surface area contributed by atoms with Crippen molar-refractivity contribution in [1.82, 2.24) is 0 Å². The molecule has 0 unspecified atom stereocenters. The van der Waals surface area contributed by atoms with Crippen LogP contribution >= 0.6 is 0 Å². The van der Waals surface area contributed by atoms with E-state index < -0.39 is 0 Å². The number of allylic oxidation sites excluding steroid dienone is 4. The molecule has 0 N–H and O–H groups in total. The second-order valence-corrected chi connectivity index (χ2v) is 3.21. The van der Waals surface area contributed by atoms with E-state index in [2.05, 4.69) is 0 Å². The first-order valence-corrected chi connectivity index (χ1v) is 4.67. The topological polar surface area (TPSA) is 61.1 Å². The number of carbonyl (C=O) groups is 2. The molecule has 0 aliphatic heterocycles. The van der Waals surface area contributed by atoms with Crippen LogP contribution in [-0.2, 0) is 9.59 Å². The van der Waals surface area contributed by atoms with E-state index in [4.69, 9.17) is 0 Å². The molecule has 1 aromatic heterocycles. The summed E-state index contributed by atoms with van der Waals surface area (Å²) < 4.78 is 0.771. The molecular formula is C12H11NO3. The fraction of sp³-hybridized carbons (Fsp3) is 0.0833. The summed E-state index contributed by atoms with van der Waals surface area (Å²) in [5.74, 6) is -0.241. The predicted octanol–water partition coefficient (Wildman–Crippen LogP) is 0.879. The summed E-state index contributed by atoms with van der Waals surface area (Å²) in [6.45, 7) is 1.94. The molecule has 1 aliphatic carbocycles. The highest BCUT2D eigenvalue weighted by Gasteiger charge is 1.97. The third-order valence-corrected chi connectivity index (χ3v) is 1.79. The normalized spacial score (nSPS) is 13.3. The molecule has 1 aliphatic rings. The minimum Gasteiger partial charge on any atom is -0.619 e. The number of aromatic nitrogens is 1. The minimum atomic E-state index is -0.121. The SMILES string of the molecule is Cc1cc[n+]([O-])cc1.O=C1C=CC(=O)C=C1. The first kappa shape index (κ1) is 11.8. The Kier molecular flexibility index (Phi) is 4.15. The van der Waals surface area contributed by atoms with E-state index >= 15 is 0 Å². The van der Waals surface area contributed by atoms with Gasteiger partial charge in [0.25, 0.3) is 0 Å². The van der Waals surface area contributed by atoms with E-state index in [-0.39, 0.29) is 11.6 Å². The third kappa shape index (κ3) is 4.32. The molecule has 16 heavy (non-hydrogen) atoms. The van der Waals surface area contributed by atoms with Gasteiger partial charge in [0.05, 0.1) is 0 Å². The summed E-state index contributed by atoms with van der Waals surface area (Å²) in [7, 11) is 0. The van der Waals surface area contributed by atoms with Crippen molar-refractivity contribution in [3.05, 3.63) is 59.6 Å². The molecule has 82 valence electrons. The average molecular weight is 217 g/mol. The smallest absolute Gasteiger partial charge is 0.180 e. The molecule has 0 aromatic carbocycles. The van der Waals surface area contributed by atoms with Gasteiger partial charge in [0.1, 0.15) is 0 Å². The molecule has 0 amide bonds. The van der Waals surface area contributed by atoms with Crippen LogP contribution in [0, 0.1) is 12.1 Å². The van der Waals surface area contributed by atoms with Gasteiger partial charge in [-0.1, -0.05) is 0 Å². The lowest BCUT2D eigenvalue weighted by molar-refractivity contribution is -0.605. The van der Waals surface area contributed by atoms with Gasteiger partial charge in [-0.3, -0.25) is 9.59 Å². The Morgan fingerprint density at radius 3 is 1.62 bits per heavy atom. The minimum absolute atomic E-state index is 0.121. The molecule has 0 radical (unpaired) electrons. The number of hydrogen-bond donors (Lipinski definition) is 0. The van der Waals surface area contributed by atoms with Gasteiger partial charge < -0.3 is 5.21 Å². The van der Waals surface area contributed by atoms with E-state index in [9.17, 15) is 14.8 Å². The van der Waals surface area contributed by atoms with Crippen LogP contribution in [0.2, 0.25) is 0 Å². The van der Waals surface area contributed by atoms with Crippen LogP contribution in [0.5, 0.6) is 0 Å². The van der Waals surface area contributed by atoms with Gasteiger partial charge in [-0.2, -0.15) is 4.73 Å². The molecular weight excluding hydrogens is 206 g/mol. The lowest BCUT2D eigenvalue weighted by Gasteiger charge is -1.92. The van der Waals surface area contributed by atoms with Crippen LogP contribution < -0.4 is 4.73 Å². The lowest BCUT2D eigenvalue weighted by Crippen LogP contribution is -2.23. The lowest BCUT2D eigenvalue weighted by atomic mass is 10.2. The van der Waals surface area contributed by atoms with Gasteiger partial charge in [0.15, 0.2) is 24.0 Å². The van der Waals surface area contributed by atoms with E-state index in [0.29, 0.717) is 0 Å². The van der Waals surface area contributed by atoms with Crippen molar-refractivity contribution in [2.45, 2.75) is 6.92 Å². The number of pyridine rings is 1. The zero-order chi connectivity index (χ0) is 12.0. The molecule has 0 bridgehead atoms. The van der Waals surface area contributed by atoms with Gasteiger partial charge >= 0.3 is 0 Å². The first-order valence-electron chi connectivity index (χ1n) is 4.67. The molecule has 1 heterocycles. The van der Waals surface area contributed by atoms with Gasteiger partial charge in [0.2, 0.25) is 0 Å². The first-order chi connectivity index (χ1) is 7.58. The summed E-state index contributed by atoms with van der Waals surface area (Å²) in [6.07, 6.45) is 7.97. The Morgan fingerprint density at radius 1 is 0.938 bits per heavy atom. The maximum atomic E-state index is 10.3. The largest absolute Gasteiger partial charge is 0.619 e. The molecule has 4 nitrogen and oxygen atoms in total. The van der Waals surface area contributed by atoms with E-state index in [1.165, 1.54) is 36.7 Å². The second-order valence-electron chi connectivity index (χ2n) is 3.21. The zero-order valence-corrected chi connectivity index (χ0v) is 8.79. The fourth-order valence-electron chi connectivity index (χ4n) is 0.927. The highest BCUT2D eigenvalue weighted by Crippen LogP contribution is 1.90. The van der Waals surface area contributed by atoms with Crippen LogP contribution in [0.4, 0.5) is 0 Å². The molecule has 4 heteroatoms. The van der Waals surface area contributed by atoms with Crippen molar-refractivity contribution >= 4 is 11.6 Å². The van der Waals surface area contributed by atoms with E-state index in [1.54, 1.807) is 12.1 Å². The van der Waals surface area contributed by atoms with Crippen molar-refractivity contribution in [2.75, 3.05) is 0 Å². The Bertz CT molecular complexity index is 385. The average Bonchev–Trinajstić information content (AvgIpc) is 2.28. The zero-order valence-electron chi connectivity index (χ0n) is 8.79. The monoisotopic (exact) mass is 217 g/mol. The predicted molar refractivity (Wildman–Crippen MR) is 58.4 cm³/mol. The van der Waals surface area contributed by atoms with Crippen molar-refractivity contribution < 1.29 is 14.3 Å². The van der Waals surface area contributed by atoms with Crippen LogP contribution in [0.15, 0.2) is 48.8 Å². The molecule has 1 aromatic rings. The fourth-order valence-corrected chi connectivity index (χ4v) is 0.927. The molecule has 0 saturated carbocycles.